The summed E-state index contributed by atoms with van der Waals surface area (Å²) in [4.78, 5) is 25.8. The second-order valence-electron chi connectivity index (χ2n) is 7.18. The molecule has 2 aromatic rings. The van der Waals surface area contributed by atoms with Crippen molar-refractivity contribution in [1.82, 2.24) is 24.4 Å². The van der Waals surface area contributed by atoms with Crippen LogP contribution in [0.3, 0.4) is 0 Å². The third-order valence-electron chi connectivity index (χ3n) is 4.05. The second kappa shape index (κ2) is 6.34. The first-order chi connectivity index (χ1) is 12.1. The number of rotatable bonds is 1. The molecule has 0 aromatic carbocycles. The van der Waals surface area contributed by atoms with Gasteiger partial charge in [0.15, 0.2) is 11.5 Å². The quantitative estimate of drug-likeness (QED) is 0.508. The van der Waals surface area contributed by atoms with Gasteiger partial charge in [-0.05, 0) is 20.8 Å². The van der Waals surface area contributed by atoms with Crippen LogP contribution in [-0.4, -0.2) is 76.3 Å². The lowest BCUT2D eigenvalue weighted by molar-refractivity contribution is -0.151. The fourth-order valence-corrected chi connectivity index (χ4v) is 2.89. The van der Waals surface area contributed by atoms with E-state index in [2.05, 4.69) is 15.0 Å². The van der Waals surface area contributed by atoms with Crippen molar-refractivity contribution in [2.24, 2.45) is 0 Å². The fourth-order valence-electron chi connectivity index (χ4n) is 2.89. The summed E-state index contributed by atoms with van der Waals surface area (Å²) in [7, 11) is 0. The minimum absolute atomic E-state index is 0.142. The monoisotopic (exact) mass is 366 g/mol. The topological polar surface area (TPSA) is 160 Å². The van der Waals surface area contributed by atoms with E-state index in [9.17, 15) is 20.1 Å². The van der Waals surface area contributed by atoms with Gasteiger partial charge < -0.3 is 25.8 Å². The van der Waals surface area contributed by atoms with Crippen molar-refractivity contribution in [3.05, 3.63) is 12.7 Å². The van der Waals surface area contributed by atoms with Crippen molar-refractivity contribution in [1.29, 1.82) is 0 Å². The minimum atomic E-state index is -1.50. The molecule has 0 aliphatic carbocycles. The molecule has 4 atom stereocenters. The van der Waals surface area contributed by atoms with Gasteiger partial charge in [0.25, 0.3) is 0 Å². The normalized spacial score (nSPS) is 26.9. The summed E-state index contributed by atoms with van der Waals surface area (Å²) in [6, 6.07) is 0. The molecule has 1 saturated heterocycles. The van der Waals surface area contributed by atoms with Crippen molar-refractivity contribution in [3.63, 3.8) is 0 Å². The number of imidazole rings is 1. The number of aromatic nitrogens is 4. The lowest BCUT2D eigenvalue weighted by atomic mass is 9.99. The van der Waals surface area contributed by atoms with Crippen molar-refractivity contribution in [3.8, 4) is 0 Å². The molecule has 2 aromatic heterocycles. The van der Waals surface area contributed by atoms with Crippen molar-refractivity contribution in [2.75, 3.05) is 12.3 Å². The number of β-amino-alcohol motifs (C(OH)–C–C–N with tert-alkyl or cyclic N) is 1. The third-order valence-corrected chi connectivity index (χ3v) is 4.05. The number of piperidine rings is 1. The molecule has 3 rings (SSSR count). The van der Waals surface area contributed by atoms with Gasteiger partial charge in [0.05, 0.1) is 12.9 Å². The van der Waals surface area contributed by atoms with E-state index in [0.717, 1.165) is 4.90 Å². The highest BCUT2D eigenvalue weighted by Crippen LogP contribution is 2.31. The van der Waals surface area contributed by atoms with Crippen molar-refractivity contribution >= 4 is 23.1 Å². The molecular formula is C15H22N6O5. The Bertz CT molecular complexity index is 818. The molecule has 0 bridgehead atoms. The predicted molar refractivity (Wildman–Crippen MR) is 89.7 cm³/mol. The number of carbonyl (C=O) groups is 1. The van der Waals surface area contributed by atoms with Crippen LogP contribution < -0.4 is 5.73 Å². The molecular weight excluding hydrogens is 344 g/mol. The van der Waals surface area contributed by atoms with E-state index in [0.29, 0.717) is 5.52 Å². The number of hydrogen-bond donors (Lipinski definition) is 4. The van der Waals surface area contributed by atoms with Crippen LogP contribution in [0.25, 0.3) is 11.2 Å². The molecule has 1 amide bonds. The van der Waals surface area contributed by atoms with E-state index >= 15 is 0 Å². The minimum Gasteiger partial charge on any atom is -0.444 e. The number of aliphatic hydroxyl groups is 3. The maximum absolute atomic E-state index is 12.6. The average Bonchev–Trinajstić information content (AvgIpc) is 2.96. The zero-order valence-corrected chi connectivity index (χ0v) is 14.6. The van der Waals surface area contributed by atoms with Crippen LogP contribution >= 0.6 is 0 Å². The van der Waals surface area contributed by atoms with Gasteiger partial charge in [-0.25, -0.2) is 19.7 Å². The summed E-state index contributed by atoms with van der Waals surface area (Å²) >= 11 is 0. The summed E-state index contributed by atoms with van der Waals surface area (Å²) in [5.41, 5.74) is 5.57. The number of carbonyl (C=O) groups excluding carboxylic acids is 1. The van der Waals surface area contributed by atoms with Gasteiger partial charge in [0, 0.05) is 0 Å². The van der Waals surface area contributed by atoms with Gasteiger partial charge in [-0.2, -0.15) is 0 Å². The highest BCUT2D eigenvalue weighted by Gasteiger charge is 2.46. The molecule has 0 saturated carbocycles. The first-order valence-corrected chi connectivity index (χ1v) is 8.07. The number of amides is 1. The fraction of sp³-hybridized carbons (Fsp3) is 0.600. The Morgan fingerprint density at radius 3 is 2.58 bits per heavy atom. The Labute approximate surface area is 149 Å². The van der Waals surface area contributed by atoms with E-state index in [1.54, 1.807) is 20.8 Å². The Morgan fingerprint density at radius 2 is 1.92 bits per heavy atom. The Balaban J connectivity index is 2.06. The second-order valence-corrected chi connectivity index (χ2v) is 7.18. The van der Waals surface area contributed by atoms with Gasteiger partial charge in [0.1, 0.15) is 41.9 Å². The number of likely N-dealkylation sites (tertiary alicyclic amines) is 1. The summed E-state index contributed by atoms with van der Waals surface area (Å²) in [6.45, 7) is 4.86. The van der Waals surface area contributed by atoms with Crippen LogP contribution in [0.2, 0.25) is 0 Å². The van der Waals surface area contributed by atoms with Gasteiger partial charge in [0.2, 0.25) is 0 Å². The molecule has 1 aliphatic heterocycles. The first-order valence-electron chi connectivity index (χ1n) is 8.07. The molecule has 1 fully saturated rings. The third kappa shape index (κ3) is 3.16. The van der Waals surface area contributed by atoms with Gasteiger partial charge in [-0.15, -0.1) is 0 Å². The first kappa shape index (κ1) is 18.3. The van der Waals surface area contributed by atoms with Crippen molar-refractivity contribution in [2.45, 2.75) is 50.8 Å². The summed E-state index contributed by atoms with van der Waals surface area (Å²) in [5.74, 6) is 0.142. The number of nitrogen functional groups attached to an aromatic ring is 1. The molecule has 3 heterocycles. The van der Waals surface area contributed by atoms with Gasteiger partial charge in [-0.3, -0.25) is 9.47 Å². The number of anilines is 1. The molecule has 11 nitrogen and oxygen atoms in total. The Hall–Kier alpha value is -2.50. The summed E-state index contributed by atoms with van der Waals surface area (Å²) in [6.07, 6.45) is -3.57. The van der Waals surface area contributed by atoms with Crippen LogP contribution in [0.4, 0.5) is 10.6 Å². The SMILES string of the molecule is CC(C)(C)OC(=O)N1C[C@@H](O)[C@@H](O)[C@H](O)[C@H]1n1cnc2c(N)ncnc21. The molecule has 0 spiro atoms. The van der Waals surface area contributed by atoms with E-state index in [-0.39, 0.29) is 18.0 Å². The number of hydrogen-bond acceptors (Lipinski definition) is 9. The largest absolute Gasteiger partial charge is 0.444 e. The maximum Gasteiger partial charge on any atom is 0.412 e. The molecule has 0 radical (unpaired) electrons. The predicted octanol–water partition coefficient (Wildman–Crippen LogP) is -0.760. The molecule has 142 valence electrons. The standard InChI is InChI=1S/C15H22N6O5/c1-15(2,3)26-14(25)20-4-7(22)9(23)10(24)13(20)21-6-19-8-11(16)17-5-18-12(8)21/h5-7,9-10,13,22-24H,4H2,1-3H3,(H2,16,17,18)/t7-,9-,10+,13-/m1/s1. The number of aliphatic hydroxyl groups excluding tert-OH is 3. The molecule has 0 unspecified atom stereocenters. The lowest BCUT2D eigenvalue weighted by Gasteiger charge is -2.44. The zero-order valence-electron chi connectivity index (χ0n) is 14.6. The number of ether oxygens (including phenoxy) is 1. The average molecular weight is 366 g/mol. The van der Waals surface area contributed by atoms with Crippen molar-refractivity contribution < 1.29 is 24.9 Å². The molecule has 26 heavy (non-hydrogen) atoms. The van der Waals surface area contributed by atoms with E-state index in [1.807, 2.05) is 0 Å². The molecule has 1 aliphatic rings. The number of fused-ring (bicyclic) bond motifs is 1. The van der Waals surface area contributed by atoms with Crippen LogP contribution in [-0.2, 0) is 4.74 Å². The summed E-state index contributed by atoms with van der Waals surface area (Å²) < 4.78 is 6.76. The highest BCUT2D eigenvalue weighted by molar-refractivity contribution is 5.81. The van der Waals surface area contributed by atoms with E-state index in [1.165, 1.54) is 17.2 Å². The van der Waals surface area contributed by atoms with E-state index in [4.69, 9.17) is 10.5 Å². The molecule has 11 heteroatoms. The van der Waals surface area contributed by atoms with Gasteiger partial charge >= 0.3 is 6.09 Å². The number of nitrogens with two attached hydrogens (primary N) is 1. The van der Waals surface area contributed by atoms with Crippen LogP contribution in [0.1, 0.15) is 26.9 Å². The highest BCUT2D eigenvalue weighted by atomic mass is 16.6. The Kier molecular flexibility index (Phi) is 4.46. The Morgan fingerprint density at radius 1 is 1.23 bits per heavy atom. The van der Waals surface area contributed by atoms with E-state index < -0.39 is 36.2 Å². The van der Waals surface area contributed by atoms with Crippen LogP contribution in [0, 0.1) is 0 Å². The van der Waals surface area contributed by atoms with Crippen LogP contribution in [0.5, 0.6) is 0 Å². The zero-order chi connectivity index (χ0) is 19.2. The lowest BCUT2D eigenvalue weighted by Crippen LogP contribution is -2.60. The molecule has 5 N–H and O–H groups in total. The van der Waals surface area contributed by atoms with Crippen LogP contribution in [0.15, 0.2) is 12.7 Å². The number of nitrogens with zero attached hydrogens (tertiary/aromatic N) is 5. The summed E-state index contributed by atoms with van der Waals surface area (Å²) in [5, 5.41) is 30.7. The smallest absolute Gasteiger partial charge is 0.412 e. The maximum atomic E-state index is 12.6. The van der Waals surface area contributed by atoms with Gasteiger partial charge in [-0.1, -0.05) is 0 Å².